The maximum absolute atomic E-state index is 12.9. The van der Waals surface area contributed by atoms with Crippen LogP contribution in [-0.2, 0) is 16.1 Å². The number of thiocarbonyl (C=S) groups is 1. The van der Waals surface area contributed by atoms with Crippen molar-refractivity contribution in [3.63, 3.8) is 0 Å². The maximum Gasteiger partial charge on any atom is 0.242 e. The van der Waals surface area contributed by atoms with Crippen LogP contribution < -0.4 is 9.47 Å². The van der Waals surface area contributed by atoms with E-state index in [1.807, 2.05) is 30.4 Å². The summed E-state index contributed by atoms with van der Waals surface area (Å²) >= 11 is 5.28. The van der Waals surface area contributed by atoms with Crippen molar-refractivity contribution in [3.05, 3.63) is 48.1 Å². The Bertz CT molecular complexity index is 1030. The molecule has 1 atom stereocenters. The van der Waals surface area contributed by atoms with Crippen molar-refractivity contribution in [3.8, 4) is 11.5 Å². The number of amides is 2. The number of piperazine rings is 1. The van der Waals surface area contributed by atoms with Crippen LogP contribution in [0.3, 0.4) is 0 Å². The zero-order valence-corrected chi connectivity index (χ0v) is 17.7. The topological polar surface area (TPSA) is 74.7 Å². The van der Waals surface area contributed by atoms with Crippen LogP contribution in [0.2, 0.25) is 0 Å². The monoisotopic (exact) mass is 438 g/mol. The fourth-order valence-corrected chi connectivity index (χ4v) is 4.37. The van der Waals surface area contributed by atoms with E-state index < -0.39 is 5.92 Å². The van der Waals surface area contributed by atoms with E-state index in [4.69, 9.17) is 21.7 Å². The summed E-state index contributed by atoms with van der Waals surface area (Å²) in [6.45, 7) is 3.73. The van der Waals surface area contributed by atoms with Crippen molar-refractivity contribution >= 4 is 34.9 Å². The first kappa shape index (κ1) is 19.9. The van der Waals surface area contributed by atoms with Gasteiger partial charge < -0.3 is 14.4 Å². The molecule has 1 saturated heterocycles. The number of allylic oxidation sites excluding steroid dienone is 3. The van der Waals surface area contributed by atoms with Gasteiger partial charge in [0.15, 0.2) is 11.5 Å². The summed E-state index contributed by atoms with van der Waals surface area (Å²) in [4.78, 5) is 35.4. The molecule has 0 radical (unpaired) electrons. The fraction of sp³-hybridized carbons (Fsp3) is 0.364. The van der Waals surface area contributed by atoms with E-state index in [9.17, 15) is 9.59 Å². The van der Waals surface area contributed by atoms with Crippen LogP contribution in [0.5, 0.6) is 11.5 Å². The second-order valence-corrected chi connectivity index (χ2v) is 8.18. The number of hydrogen-bond donors (Lipinski definition) is 0. The summed E-state index contributed by atoms with van der Waals surface area (Å²) in [5.74, 6) is 0.809. The summed E-state index contributed by atoms with van der Waals surface area (Å²) in [6.07, 6.45) is 7.22. The lowest BCUT2D eigenvalue weighted by Gasteiger charge is -2.36. The number of carbonyl (C=O) groups is 2. The first-order chi connectivity index (χ1) is 15.1. The summed E-state index contributed by atoms with van der Waals surface area (Å²) in [7, 11) is 0. The SMILES string of the molecule is O=C(CN1C(=O)C2C=CC=CC2=NC1=S)N1CCN(Cc2ccc3c(c2)OCO3)CC1. The van der Waals surface area contributed by atoms with Crippen LogP contribution in [-0.4, -0.2) is 76.9 Å². The molecule has 31 heavy (non-hydrogen) atoms. The average Bonchev–Trinajstić information content (AvgIpc) is 3.25. The Labute approximate surface area is 185 Å². The largest absolute Gasteiger partial charge is 0.454 e. The molecule has 0 spiro atoms. The molecule has 0 aromatic heterocycles. The van der Waals surface area contributed by atoms with E-state index in [0.717, 1.165) is 36.7 Å². The molecule has 1 unspecified atom stereocenters. The van der Waals surface area contributed by atoms with E-state index in [1.165, 1.54) is 4.90 Å². The highest BCUT2D eigenvalue weighted by atomic mass is 32.1. The average molecular weight is 439 g/mol. The summed E-state index contributed by atoms with van der Waals surface area (Å²) in [6, 6.07) is 5.98. The minimum absolute atomic E-state index is 0.0648. The van der Waals surface area contributed by atoms with E-state index in [1.54, 1.807) is 17.1 Å². The number of ether oxygens (including phenoxy) is 2. The summed E-state index contributed by atoms with van der Waals surface area (Å²) in [5, 5.41) is 0.158. The Hall–Kier alpha value is -3.04. The molecule has 1 aromatic rings. The molecule has 0 N–H and O–H groups in total. The van der Waals surface area contributed by atoms with Gasteiger partial charge in [-0.2, -0.15) is 0 Å². The minimum atomic E-state index is -0.456. The highest BCUT2D eigenvalue weighted by Crippen LogP contribution is 2.32. The first-order valence-electron chi connectivity index (χ1n) is 10.3. The van der Waals surface area contributed by atoms with Crippen LogP contribution in [0, 0.1) is 5.92 Å². The van der Waals surface area contributed by atoms with Gasteiger partial charge in [0, 0.05) is 32.7 Å². The smallest absolute Gasteiger partial charge is 0.242 e. The van der Waals surface area contributed by atoms with Gasteiger partial charge in [-0.05, 0) is 36.0 Å². The Morgan fingerprint density at radius 2 is 1.94 bits per heavy atom. The molecule has 3 aliphatic heterocycles. The van der Waals surface area contributed by atoms with Gasteiger partial charge in [0.2, 0.25) is 23.7 Å². The van der Waals surface area contributed by atoms with Crippen molar-refractivity contribution in [1.82, 2.24) is 14.7 Å². The first-order valence-corrected chi connectivity index (χ1v) is 10.7. The standard InChI is InChI=1S/C22H22N4O4S/c27-20(13-26-21(28)16-3-1-2-4-17(16)23-22(26)31)25-9-7-24(8-10-25)12-15-5-6-18-19(11-15)30-14-29-18/h1-6,11,16H,7-10,12-14H2. The van der Waals surface area contributed by atoms with Crippen LogP contribution in [0.15, 0.2) is 47.5 Å². The van der Waals surface area contributed by atoms with E-state index in [2.05, 4.69) is 9.89 Å². The summed E-state index contributed by atoms with van der Waals surface area (Å²) in [5.41, 5.74) is 1.79. The number of benzene rings is 1. The summed E-state index contributed by atoms with van der Waals surface area (Å²) < 4.78 is 10.8. The molecule has 1 aromatic carbocycles. The van der Waals surface area contributed by atoms with Gasteiger partial charge >= 0.3 is 0 Å². The molecule has 0 saturated carbocycles. The Morgan fingerprint density at radius 1 is 1.13 bits per heavy atom. The zero-order valence-electron chi connectivity index (χ0n) is 16.9. The molecule has 9 heteroatoms. The van der Waals surface area contributed by atoms with Crippen molar-refractivity contribution in [2.45, 2.75) is 6.54 Å². The third-order valence-electron chi connectivity index (χ3n) is 5.85. The van der Waals surface area contributed by atoms with Crippen LogP contribution in [0.1, 0.15) is 5.56 Å². The molecule has 160 valence electrons. The molecule has 0 bridgehead atoms. The molecule has 4 aliphatic rings. The van der Waals surface area contributed by atoms with Gasteiger partial charge in [0.25, 0.3) is 0 Å². The number of hydrogen-bond acceptors (Lipinski definition) is 6. The number of fused-ring (bicyclic) bond motifs is 2. The van der Waals surface area contributed by atoms with Crippen molar-refractivity contribution in [2.75, 3.05) is 39.5 Å². The molecule has 8 nitrogen and oxygen atoms in total. The lowest BCUT2D eigenvalue weighted by atomic mass is 9.95. The van der Waals surface area contributed by atoms with E-state index >= 15 is 0 Å². The molecular weight excluding hydrogens is 416 g/mol. The van der Waals surface area contributed by atoms with Gasteiger partial charge in [0.05, 0.1) is 11.6 Å². The quantitative estimate of drug-likeness (QED) is 0.661. The van der Waals surface area contributed by atoms with Gasteiger partial charge in [-0.1, -0.05) is 24.3 Å². The van der Waals surface area contributed by atoms with Crippen molar-refractivity contribution < 1.29 is 19.1 Å². The Morgan fingerprint density at radius 3 is 2.77 bits per heavy atom. The Balaban J connectivity index is 1.16. The Kier molecular flexibility index (Phi) is 5.29. The van der Waals surface area contributed by atoms with Crippen molar-refractivity contribution in [2.24, 2.45) is 10.9 Å². The normalized spacial score (nSPS) is 22.6. The molecule has 5 rings (SSSR count). The molecule has 3 heterocycles. The lowest BCUT2D eigenvalue weighted by molar-refractivity contribution is -0.139. The van der Waals surface area contributed by atoms with E-state index in [-0.39, 0.29) is 30.3 Å². The predicted molar refractivity (Wildman–Crippen MR) is 118 cm³/mol. The van der Waals surface area contributed by atoms with E-state index in [0.29, 0.717) is 18.8 Å². The predicted octanol–water partition coefficient (Wildman–Crippen LogP) is 1.37. The number of nitrogens with zero attached hydrogens (tertiary/aromatic N) is 4. The van der Waals surface area contributed by atoms with Crippen LogP contribution >= 0.6 is 12.2 Å². The van der Waals surface area contributed by atoms with Gasteiger partial charge in [-0.25, -0.2) is 4.99 Å². The van der Waals surface area contributed by atoms with Gasteiger partial charge in [-0.3, -0.25) is 19.4 Å². The maximum atomic E-state index is 12.9. The zero-order chi connectivity index (χ0) is 21.4. The number of carbonyl (C=O) groups excluding carboxylic acids is 2. The second-order valence-electron chi connectivity index (χ2n) is 7.81. The lowest BCUT2D eigenvalue weighted by Crippen LogP contribution is -2.54. The van der Waals surface area contributed by atoms with Gasteiger partial charge in [-0.15, -0.1) is 0 Å². The van der Waals surface area contributed by atoms with Gasteiger partial charge in [0.1, 0.15) is 6.54 Å². The van der Waals surface area contributed by atoms with Crippen molar-refractivity contribution in [1.29, 1.82) is 0 Å². The third kappa shape index (κ3) is 3.98. The fourth-order valence-electron chi connectivity index (χ4n) is 4.11. The molecular formula is C22H22N4O4S. The van der Waals surface area contributed by atoms with Crippen LogP contribution in [0.25, 0.3) is 0 Å². The molecule has 1 aliphatic carbocycles. The molecule has 2 amide bonds. The molecule has 1 fully saturated rings. The highest BCUT2D eigenvalue weighted by Gasteiger charge is 2.35. The minimum Gasteiger partial charge on any atom is -0.454 e. The second kappa shape index (κ2) is 8.24. The number of aliphatic imine (C=N–C) groups is 1. The van der Waals surface area contributed by atoms with Crippen LogP contribution in [0.4, 0.5) is 0 Å². The highest BCUT2D eigenvalue weighted by molar-refractivity contribution is 7.80. The number of rotatable bonds is 4. The third-order valence-corrected chi connectivity index (χ3v) is 6.16.